The number of hydrogen-bond acceptors (Lipinski definition) is 4. The van der Waals surface area contributed by atoms with E-state index in [0.29, 0.717) is 32.2 Å². The van der Waals surface area contributed by atoms with Gasteiger partial charge in [0.15, 0.2) is 0 Å². The van der Waals surface area contributed by atoms with Crippen molar-refractivity contribution in [2.75, 3.05) is 45.9 Å². The standard InChI is InChI=1S/C23H35N3O3/c1-19(2)18-29-23(28)26-15-9-14-24(16-17-26)21(20-10-5-3-6-11-20)22(27)25-12-7-4-8-13-25/h3,5-6,10-11,19,21H,4,7-9,12-18H2,1-2H3. The number of nitrogens with zero attached hydrogens (tertiary/aromatic N) is 3. The van der Waals surface area contributed by atoms with Crippen molar-refractivity contribution < 1.29 is 14.3 Å². The van der Waals surface area contributed by atoms with Crippen LogP contribution in [-0.2, 0) is 9.53 Å². The number of amides is 2. The highest BCUT2D eigenvalue weighted by molar-refractivity contribution is 5.83. The van der Waals surface area contributed by atoms with E-state index in [1.165, 1.54) is 6.42 Å². The third-order valence-electron chi connectivity index (χ3n) is 5.71. The second-order valence-corrected chi connectivity index (χ2v) is 8.55. The quantitative estimate of drug-likeness (QED) is 0.757. The molecule has 2 heterocycles. The van der Waals surface area contributed by atoms with Crippen LogP contribution in [0.1, 0.15) is 51.1 Å². The van der Waals surface area contributed by atoms with Crippen LogP contribution in [0.25, 0.3) is 0 Å². The molecule has 0 saturated carbocycles. The average molecular weight is 402 g/mol. The Morgan fingerprint density at radius 2 is 1.55 bits per heavy atom. The van der Waals surface area contributed by atoms with Gasteiger partial charge in [0.1, 0.15) is 6.04 Å². The first-order valence-corrected chi connectivity index (χ1v) is 11.1. The molecule has 29 heavy (non-hydrogen) atoms. The second kappa shape index (κ2) is 10.6. The SMILES string of the molecule is CC(C)COC(=O)N1CCCN(C(C(=O)N2CCCCC2)c2ccccc2)CC1. The van der Waals surface area contributed by atoms with Crippen molar-refractivity contribution in [3.05, 3.63) is 35.9 Å². The Morgan fingerprint density at radius 1 is 0.862 bits per heavy atom. The van der Waals surface area contributed by atoms with Crippen LogP contribution in [0.4, 0.5) is 4.79 Å². The minimum atomic E-state index is -0.277. The van der Waals surface area contributed by atoms with E-state index in [2.05, 4.69) is 4.90 Å². The summed E-state index contributed by atoms with van der Waals surface area (Å²) < 4.78 is 5.41. The van der Waals surface area contributed by atoms with Crippen LogP contribution in [0.3, 0.4) is 0 Å². The summed E-state index contributed by atoms with van der Waals surface area (Å²) in [5, 5.41) is 0. The van der Waals surface area contributed by atoms with Crippen molar-refractivity contribution in [3.8, 4) is 0 Å². The number of carbonyl (C=O) groups is 2. The molecule has 0 spiro atoms. The van der Waals surface area contributed by atoms with E-state index in [0.717, 1.165) is 44.5 Å². The zero-order chi connectivity index (χ0) is 20.6. The van der Waals surface area contributed by atoms with Crippen LogP contribution in [0.5, 0.6) is 0 Å². The third-order valence-corrected chi connectivity index (χ3v) is 5.71. The Bertz CT molecular complexity index is 659. The van der Waals surface area contributed by atoms with Gasteiger partial charge in [-0.05, 0) is 37.2 Å². The van der Waals surface area contributed by atoms with Gasteiger partial charge in [-0.25, -0.2) is 4.79 Å². The van der Waals surface area contributed by atoms with Crippen LogP contribution in [-0.4, -0.2) is 72.6 Å². The minimum absolute atomic E-state index is 0.201. The van der Waals surface area contributed by atoms with Gasteiger partial charge in [0.05, 0.1) is 6.61 Å². The summed E-state index contributed by atoms with van der Waals surface area (Å²) >= 11 is 0. The topological polar surface area (TPSA) is 53.1 Å². The molecule has 1 aromatic rings. The number of ether oxygens (including phenoxy) is 1. The Balaban J connectivity index is 1.71. The highest BCUT2D eigenvalue weighted by Crippen LogP contribution is 2.26. The summed E-state index contributed by atoms with van der Waals surface area (Å²) in [5.41, 5.74) is 1.04. The highest BCUT2D eigenvalue weighted by Gasteiger charge is 2.33. The highest BCUT2D eigenvalue weighted by atomic mass is 16.6. The maximum absolute atomic E-state index is 13.5. The predicted molar refractivity (Wildman–Crippen MR) is 114 cm³/mol. The lowest BCUT2D eigenvalue weighted by Gasteiger charge is -2.36. The number of likely N-dealkylation sites (tertiary alicyclic amines) is 1. The van der Waals surface area contributed by atoms with Gasteiger partial charge in [-0.1, -0.05) is 44.2 Å². The number of piperidine rings is 1. The van der Waals surface area contributed by atoms with Crippen molar-refractivity contribution in [2.45, 2.75) is 45.6 Å². The molecule has 0 N–H and O–H groups in total. The summed E-state index contributed by atoms with van der Waals surface area (Å²) in [5.74, 6) is 0.527. The van der Waals surface area contributed by atoms with Gasteiger partial charge in [-0.2, -0.15) is 0 Å². The maximum atomic E-state index is 13.5. The molecule has 6 nitrogen and oxygen atoms in total. The smallest absolute Gasteiger partial charge is 0.409 e. The second-order valence-electron chi connectivity index (χ2n) is 8.55. The van der Waals surface area contributed by atoms with Crippen LogP contribution in [0.2, 0.25) is 0 Å². The van der Waals surface area contributed by atoms with Gasteiger partial charge in [-0.3, -0.25) is 9.69 Å². The molecule has 0 aliphatic carbocycles. The summed E-state index contributed by atoms with van der Waals surface area (Å²) in [7, 11) is 0. The molecule has 160 valence electrons. The van der Waals surface area contributed by atoms with Crippen molar-refractivity contribution in [1.29, 1.82) is 0 Å². The van der Waals surface area contributed by atoms with E-state index in [4.69, 9.17) is 4.74 Å². The van der Waals surface area contributed by atoms with Gasteiger partial charge in [-0.15, -0.1) is 0 Å². The summed E-state index contributed by atoms with van der Waals surface area (Å²) in [6, 6.07) is 9.80. The fourth-order valence-corrected chi connectivity index (χ4v) is 4.14. The fourth-order valence-electron chi connectivity index (χ4n) is 4.14. The van der Waals surface area contributed by atoms with E-state index in [1.807, 2.05) is 49.1 Å². The molecule has 3 rings (SSSR count). The van der Waals surface area contributed by atoms with E-state index in [1.54, 1.807) is 4.90 Å². The number of hydrogen-bond donors (Lipinski definition) is 0. The van der Waals surface area contributed by atoms with E-state index in [-0.39, 0.29) is 18.0 Å². The Hall–Kier alpha value is -2.08. The van der Waals surface area contributed by atoms with Crippen molar-refractivity contribution in [1.82, 2.24) is 14.7 Å². The predicted octanol–water partition coefficient (Wildman–Crippen LogP) is 3.54. The molecule has 2 aliphatic heterocycles. The van der Waals surface area contributed by atoms with Crippen LogP contribution < -0.4 is 0 Å². The molecule has 1 aromatic carbocycles. The van der Waals surface area contributed by atoms with Crippen LogP contribution in [0, 0.1) is 5.92 Å². The summed E-state index contributed by atoms with van der Waals surface area (Å²) in [6.07, 6.45) is 3.98. The van der Waals surface area contributed by atoms with E-state index in [9.17, 15) is 9.59 Å². The lowest BCUT2D eigenvalue weighted by molar-refractivity contribution is -0.138. The molecule has 6 heteroatoms. The first-order chi connectivity index (χ1) is 14.1. The Kier molecular flexibility index (Phi) is 7.92. The molecule has 0 aromatic heterocycles. The molecule has 2 saturated heterocycles. The van der Waals surface area contributed by atoms with Gasteiger partial charge in [0.2, 0.25) is 5.91 Å². The Labute approximate surface area is 174 Å². The van der Waals surface area contributed by atoms with Gasteiger partial charge < -0.3 is 14.5 Å². The maximum Gasteiger partial charge on any atom is 0.409 e. The van der Waals surface area contributed by atoms with Crippen molar-refractivity contribution in [2.24, 2.45) is 5.92 Å². The molecule has 0 radical (unpaired) electrons. The van der Waals surface area contributed by atoms with Crippen molar-refractivity contribution in [3.63, 3.8) is 0 Å². The van der Waals surface area contributed by atoms with Crippen molar-refractivity contribution >= 4 is 12.0 Å². The number of rotatable bonds is 5. The van der Waals surface area contributed by atoms with E-state index >= 15 is 0 Å². The monoisotopic (exact) mass is 401 g/mol. The third kappa shape index (κ3) is 5.95. The zero-order valence-electron chi connectivity index (χ0n) is 17.9. The molecule has 0 bridgehead atoms. The van der Waals surface area contributed by atoms with Crippen LogP contribution >= 0.6 is 0 Å². The zero-order valence-corrected chi connectivity index (χ0v) is 17.9. The molecular formula is C23H35N3O3. The molecular weight excluding hydrogens is 366 g/mol. The fraction of sp³-hybridized carbons (Fsp3) is 0.652. The van der Waals surface area contributed by atoms with Gasteiger partial charge in [0, 0.05) is 39.3 Å². The molecule has 1 unspecified atom stereocenters. The minimum Gasteiger partial charge on any atom is -0.449 e. The molecule has 1 atom stereocenters. The van der Waals surface area contributed by atoms with E-state index < -0.39 is 0 Å². The lowest BCUT2D eigenvalue weighted by Crippen LogP contribution is -2.46. The summed E-state index contributed by atoms with van der Waals surface area (Å²) in [4.78, 5) is 31.9. The normalized spacial score (nSPS) is 19.7. The van der Waals surface area contributed by atoms with Gasteiger partial charge >= 0.3 is 6.09 Å². The summed E-state index contributed by atoms with van der Waals surface area (Å²) in [6.45, 7) is 8.96. The number of benzene rings is 1. The first kappa shape index (κ1) is 21.6. The molecule has 2 fully saturated rings. The number of carbonyl (C=O) groups excluding carboxylic acids is 2. The average Bonchev–Trinajstić information content (AvgIpc) is 3.00. The molecule has 2 amide bonds. The Morgan fingerprint density at radius 3 is 2.24 bits per heavy atom. The van der Waals surface area contributed by atoms with Gasteiger partial charge in [0.25, 0.3) is 0 Å². The molecule has 2 aliphatic rings. The first-order valence-electron chi connectivity index (χ1n) is 11.1. The lowest BCUT2D eigenvalue weighted by atomic mass is 10.0. The largest absolute Gasteiger partial charge is 0.449 e. The van der Waals surface area contributed by atoms with Crippen LogP contribution in [0.15, 0.2) is 30.3 Å².